The quantitative estimate of drug-likeness (QED) is 0.707. The van der Waals surface area contributed by atoms with Crippen molar-refractivity contribution in [2.24, 2.45) is 0 Å². The second-order valence-corrected chi connectivity index (χ2v) is 3.64. The summed E-state index contributed by atoms with van der Waals surface area (Å²) in [5.41, 5.74) is 2.00. The summed E-state index contributed by atoms with van der Waals surface area (Å²) in [4.78, 5) is 0. The summed E-state index contributed by atoms with van der Waals surface area (Å²) in [5, 5.41) is 13.1. The van der Waals surface area contributed by atoms with Crippen LogP contribution in [-0.2, 0) is 4.74 Å². The van der Waals surface area contributed by atoms with Crippen molar-refractivity contribution in [3.8, 4) is 5.75 Å². The lowest BCUT2D eigenvalue weighted by atomic mass is 10.0. The number of rotatable bonds is 1. The summed E-state index contributed by atoms with van der Waals surface area (Å²) in [5.74, 6) is 0.355. The van der Waals surface area contributed by atoms with E-state index in [1.807, 2.05) is 19.1 Å². The summed E-state index contributed by atoms with van der Waals surface area (Å²) in [7, 11) is 0. The molecule has 0 unspecified atom stereocenters. The van der Waals surface area contributed by atoms with Gasteiger partial charge in [-0.1, -0.05) is 12.1 Å². The Bertz CT molecular complexity index is 319. The molecule has 76 valence electrons. The van der Waals surface area contributed by atoms with Gasteiger partial charge in [0, 0.05) is 12.1 Å². The van der Waals surface area contributed by atoms with Crippen molar-refractivity contribution in [1.29, 1.82) is 0 Å². The molecule has 14 heavy (non-hydrogen) atoms. The van der Waals surface area contributed by atoms with Gasteiger partial charge in [-0.05, 0) is 18.6 Å². The van der Waals surface area contributed by atoms with Crippen LogP contribution in [0.3, 0.4) is 0 Å². The van der Waals surface area contributed by atoms with E-state index in [0.29, 0.717) is 12.4 Å². The first kappa shape index (κ1) is 9.49. The highest BCUT2D eigenvalue weighted by atomic mass is 16.5. The van der Waals surface area contributed by atoms with Crippen LogP contribution in [0.1, 0.15) is 17.2 Å². The second-order valence-electron chi connectivity index (χ2n) is 3.64. The summed E-state index contributed by atoms with van der Waals surface area (Å²) in [6.07, 6.45) is 0. The lowest BCUT2D eigenvalue weighted by molar-refractivity contribution is 0.0761. The van der Waals surface area contributed by atoms with Gasteiger partial charge in [0.05, 0.1) is 19.3 Å². The summed E-state index contributed by atoms with van der Waals surface area (Å²) < 4.78 is 5.35. The number of morpholine rings is 1. The molecule has 0 radical (unpaired) electrons. The molecule has 1 saturated heterocycles. The van der Waals surface area contributed by atoms with Crippen LogP contribution in [0.15, 0.2) is 18.2 Å². The minimum Gasteiger partial charge on any atom is -0.508 e. The fourth-order valence-corrected chi connectivity index (χ4v) is 1.71. The predicted octanol–water partition coefficient (Wildman–Crippen LogP) is 1.36. The normalized spacial score (nSPS) is 22.2. The van der Waals surface area contributed by atoms with E-state index in [-0.39, 0.29) is 6.04 Å². The molecule has 3 nitrogen and oxygen atoms in total. The van der Waals surface area contributed by atoms with E-state index < -0.39 is 0 Å². The third-order valence-corrected chi connectivity index (χ3v) is 2.48. The van der Waals surface area contributed by atoms with Crippen LogP contribution in [0.25, 0.3) is 0 Å². The molecule has 1 aliphatic heterocycles. The van der Waals surface area contributed by atoms with Gasteiger partial charge in [0.15, 0.2) is 0 Å². The molecule has 1 fully saturated rings. The highest BCUT2D eigenvalue weighted by molar-refractivity contribution is 5.38. The summed E-state index contributed by atoms with van der Waals surface area (Å²) >= 11 is 0. The zero-order chi connectivity index (χ0) is 9.97. The molecule has 0 aromatic heterocycles. The summed E-state index contributed by atoms with van der Waals surface area (Å²) in [6.45, 7) is 4.20. The number of ether oxygens (including phenoxy) is 1. The SMILES string of the molecule is Cc1ccc([C@H]2COCCN2)c(O)c1. The maximum Gasteiger partial charge on any atom is 0.120 e. The average molecular weight is 193 g/mol. The highest BCUT2D eigenvalue weighted by Crippen LogP contribution is 2.26. The fourth-order valence-electron chi connectivity index (χ4n) is 1.71. The van der Waals surface area contributed by atoms with E-state index in [0.717, 1.165) is 24.3 Å². The molecule has 3 heteroatoms. The number of hydrogen-bond donors (Lipinski definition) is 2. The number of hydrogen-bond acceptors (Lipinski definition) is 3. The Morgan fingerprint density at radius 1 is 1.50 bits per heavy atom. The average Bonchev–Trinajstić information content (AvgIpc) is 2.19. The van der Waals surface area contributed by atoms with E-state index in [9.17, 15) is 5.11 Å². The Morgan fingerprint density at radius 3 is 3.00 bits per heavy atom. The largest absolute Gasteiger partial charge is 0.508 e. The molecule has 1 aromatic carbocycles. The smallest absolute Gasteiger partial charge is 0.120 e. The number of benzene rings is 1. The van der Waals surface area contributed by atoms with E-state index in [4.69, 9.17) is 4.74 Å². The number of phenols is 1. The third kappa shape index (κ3) is 1.89. The molecule has 2 rings (SSSR count). The van der Waals surface area contributed by atoms with Crippen molar-refractivity contribution < 1.29 is 9.84 Å². The standard InChI is InChI=1S/C11H15NO2/c1-8-2-3-9(11(13)6-8)10-7-14-5-4-12-10/h2-3,6,10,12-13H,4-5,7H2,1H3/t10-/m1/s1. The minimum atomic E-state index is 0.129. The Balaban J connectivity index is 2.22. The molecule has 1 heterocycles. The number of phenolic OH excluding ortho intramolecular Hbond substituents is 1. The Morgan fingerprint density at radius 2 is 2.36 bits per heavy atom. The van der Waals surface area contributed by atoms with E-state index in [1.54, 1.807) is 6.07 Å². The van der Waals surface area contributed by atoms with E-state index >= 15 is 0 Å². The van der Waals surface area contributed by atoms with Crippen LogP contribution in [0.4, 0.5) is 0 Å². The zero-order valence-electron chi connectivity index (χ0n) is 8.29. The van der Waals surface area contributed by atoms with Gasteiger partial charge >= 0.3 is 0 Å². The maximum absolute atomic E-state index is 9.75. The molecular weight excluding hydrogens is 178 g/mol. The molecule has 1 atom stereocenters. The van der Waals surface area contributed by atoms with Crippen molar-refractivity contribution in [3.05, 3.63) is 29.3 Å². The summed E-state index contributed by atoms with van der Waals surface area (Å²) in [6, 6.07) is 5.87. The van der Waals surface area contributed by atoms with Crippen LogP contribution in [-0.4, -0.2) is 24.9 Å². The van der Waals surface area contributed by atoms with Gasteiger partial charge < -0.3 is 15.2 Å². The lowest BCUT2D eigenvalue weighted by Gasteiger charge is -2.24. The fraction of sp³-hybridized carbons (Fsp3) is 0.455. The van der Waals surface area contributed by atoms with Crippen LogP contribution >= 0.6 is 0 Å². The van der Waals surface area contributed by atoms with Gasteiger partial charge in [0.2, 0.25) is 0 Å². The first-order valence-corrected chi connectivity index (χ1v) is 4.88. The monoisotopic (exact) mass is 193 g/mol. The van der Waals surface area contributed by atoms with Crippen LogP contribution < -0.4 is 5.32 Å². The van der Waals surface area contributed by atoms with Crippen LogP contribution in [0.2, 0.25) is 0 Å². The second kappa shape index (κ2) is 3.98. The van der Waals surface area contributed by atoms with Crippen molar-refractivity contribution in [1.82, 2.24) is 5.32 Å². The molecule has 0 amide bonds. The first-order valence-electron chi connectivity index (χ1n) is 4.88. The molecule has 1 aromatic rings. The first-order chi connectivity index (χ1) is 6.77. The van der Waals surface area contributed by atoms with Crippen molar-refractivity contribution in [2.45, 2.75) is 13.0 Å². The Labute approximate surface area is 83.7 Å². The highest BCUT2D eigenvalue weighted by Gasteiger charge is 2.17. The Hall–Kier alpha value is -1.06. The van der Waals surface area contributed by atoms with Gasteiger partial charge in [0.1, 0.15) is 5.75 Å². The van der Waals surface area contributed by atoms with Crippen molar-refractivity contribution in [3.63, 3.8) is 0 Å². The van der Waals surface area contributed by atoms with Crippen LogP contribution in [0.5, 0.6) is 5.75 Å². The van der Waals surface area contributed by atoms with Gasteiger partial charge in [-0.25, -0.2) is 0 Å². The molecule has 2 N–H and O–H groups in total. The maximum atomic E-state index is 9.75. The van der Waals surface area contributed by atoms with Gasteiger partial charge in [0.25, 0.3) is 0 Å². The predicted molar refractivity (Wildman–Crippen MR) is 54.4 cm³/mol. The molecule has 0 aliphatic carbocycles. The molecular formula is C11H15NO2. The number of aryl methyl sites for hydroxylation is 1. The topological polar surface area (TPSA) is 41.5 Å². The van der Waals surface area contributed by atoms with Crippen molar-refractivity contribution >= 4 is 0 Å². The van der Waals surface area contributed by atoms with Gasteiger partial charge in [-0.3, -0.25) is 0 Å². The lowest BCUT2D eigenvalue weighted by Crippen LogP contribution is -2.34. The molecule has 0 bridgehead atoms. The Kier molecular flexibility index (Phi) is 2.70. The van der Waals surface area contributed by atoms with Crippen LogP contribution in [0, 0.1) is 6.92 Å². The molecule has 0 spiro atoms. The number of aromatic hydroxyl groups is 1. The van der Waals surface area contributed by atoms with Crippen molar-refractivity contribution in [2.75, 3.05) is 19.8 Å². The van der Waals surface area contributed by atoms with Gasteiger partial charge in [-0.15, -0.1) is 0 Å². The van der Waals surface area contributed by atoms with E-state index in [1.165, 1.54) is 0 Å². The minimum absolute atomic E-state index is 0.129. The zero-order valence-corrected chi connectivity index (χ0v) is 8.29. The molecule has 1 aliphatic rings. The third-order valence-electron chi connectivity index (χ3n) is 2.48. The van der Waals surface area contributed by atoms with Gasteiger partial charge in [-0.2, -0.15) is 0 Å². The number of nitrogens with one attached hydrogen (secondary N) is 1. The molecule has 0 saturated carbocycles. The van der Waals surface area contributed by atoms with E-state index in [2.05, 4.69) is 5.32 Å².